The van der Waals surface area contributed by atoms with Crippen LogP contribution >= 0.6 is 15.9 Å². The highest BCUT2D eigenvalue weighted by atomic mass is 79.9. The Bertz CT molecular complexity index is 383. The van der Waals surface area contributed by atoms with Crippen molar-refractivity contribution in [2.24, 2.45) is 0 Å². The van der Waals surface area contributed by atoms with Crippen molar-refractivity contribution in [3.63, 3.8) is 0 Å². The van der Waals surface area contributed by atoms with Crippen LogP contribution in [0.2, 0.25) is 0 Å². The van der Waals surface area contributed by atoms with Crippen LogP contribution in [0.3, 0.4) is 0 Å². The topological polar surface area (TPSA) is 42.0 Å². The average Bonchev–Trinajstić information content (AvgIpc) is 2.65. The van der Waals surface area contributed by atoms with Crippen molar-refractivity contribution in [1.29, 1.82) is 0 Å². The average molecular weight is 283 g/mol. The van der Waals surface area contributed by atoms with Gasteiger partial charge in [-0.2, -0.15) is 0 Å². The fraction of sp³-hybridized carbons (Fsp3) is 0.500. The minimum absolute atomic E-state index is 0.0359. The minimum atomic E-state index is -0.0723. The molecule has 1 heterocycles. The highest BCUT2D eigenvalue weighted by molar-refractivity contribution is 9.10. The lowest BCUT2D eigenvalue weighted by Gasteiger charge is -2.24. The van der Waals surface area contributed by atoms with Crippen molar-refractivity contribution in [3.05, 3.63) is 28.5 Å². The molecule has 1 fully saturated rings. The van der Waals surface area contributed by atoms with Crippen LogP contribution in [0.1, 0.15) is 43.1 Å². The van der Waals surface area contributed by atoms with Gasteiger partial charge in [-0.3, -0.25) is 4.79 Å². The van der Waals surface area contributed by atoms with Crippen molar-refractivity contribution in [2.45, 2.75) is 38.1 Å². The fourth-order valence-corrected chi connectivity index (χ4v) is 2.36. The van der Waals surface area contributed by atoms with E-state index >= 15 is 0 Å². The molecule has 0 saturated heterocycles. The number of rotatable bonds is 2. The molecule has 1 amide bonds. The smallest absolute Gasteiger partial charge is 0.270 e. The summed E-state index contributed by atoms with van der Waals surface area (Å²) >= 11 is 3.30. The Hall–Kier alpha value is -0.900. The van der Waals surface area contributed by atoms with E-state index in [2.05, 4.69) is 33.2 Å². The van der Waals surface area contributed by atoms with Crippen LogP contribution in [0.5, 0.6) is 0 Å². The normalized spacial score (nSPS) is 18.4. The third kappa shape index (κ3) is 2.61. The summed E-state index contributed by atoms with van der Waals surface area (Å²) in [5, 5.41) is 3.07. The van der Waals surface area contributed by atoms with E-state index in [0.29, 0.717) is 5.69 Å². The summed E-state index contributed by atoms with van der Waals surface area (Å²) in [7, 11) is 0. The molecule has 0 spiro atoms. The zero-order valence-corrected chi connectivity index (χ0v) is 10.9. The van der Waals surface area contributed by atoms with Crippen molar-refractivity contribution in [3.8, 4) is 0 Å². The van der Waals surface area contributed by atoms with Gasteiger partial charge in [0.25, 0.3) is 5.91 Å². The second kappa shape index (κ2) is 4.53. The van der Waals surface area contributed by atoms with Crippen LogP contribution in [0.25, 0.3) is 0 Å². The number of carbonyl (C=O) groups is 1. The molecule has 0 aliphatic heterocycles. The summed E-state index contributed by atoms with van der Waals surface area (Å²) in [4.78, 5) is 16.0. The highest BCUT2D eigenvalue weighted by Gasteiger charge is 2.30. The van der Waals surface area contributed by atoms with Gasteiger partial charge in [0.05, 0.1) is 0 Å². The van der Waals surface area contributed by atoms with Crippen molar-refractivity contribution >= 4 is 21.8 Å². The number of carbonyl (C=O) groups excluding carboxylic acids is 1. The first kappa shape index (κ1) is 11.6. The summed E-state index contributed by atoms with van der Waals surface area (Å²) in [5.41, 5.74) is 0.447. The molecule has 0 aromatic carbocycles. The van der Waals surface area contributed by atoms with Crippen LogP contribution in [0.4, 0.5) is 0 Å². The number of aromatic nitrogens is 1. The molecule has 4 heteroatoms. The molecular formula is C12H15BrN2O. The van der Waals surface area contributed by atoms with Crippen LogP contribution in [-0.4, -0.2) is 16.4 Å². The first-order valence-electron chi connectivity index (χ1n) is 5.53. The Balaban J connectivity index is 2.05. The Kier molecular flexibility index (Phi) is 3.28. The number of nitrogens with one attached hydrogen (secondary N) is 1. The fourth-order valence-electron chi connectivity index (χ4n) is 2.13. The Morgan fingerprint density at radius 2 is 2.12 bits per heavy atom. The zero-order chi connectivity index (χ0) is 11.6. The van der Waals surface area contributed by atoms with E-state index in [9.17, 15) is 4.79 Å². The van der Waals surface area contributed by atoms with Crippen LogP contribution < -0.4 is 5.32 Å². The number of pyridine rings is 1. The lowest BCUT2D eigenvalue weighted by atomic mass is 10.0. The summed E-state index contributed by atoms with van der Waals surface area (Å²) < 4.78 is 0.885. The molecule has 1 aromatic rings. The van der Waals surface area contributed by atoms with E-state index in [0.717, 1.165) is 17.3 Å². The lowest BCUT2D eigenvalue weighted by molar-refractivity contribution is 0.0903. The van der Waals surface area contributed by atoms with E-state index in [4.69, 9.17) is 0 Å². The van der Waals surface area contributed by atoms with Gasteiger partial charge in [-0.25, -0.2) is 4.98 Å². The first-order valence-corrected chi connectivity index (χ1v) is 6.32. The summed E-state index contributed by atoms with van der Waals surface area (Å²) in [6.07, 6.45) is 6.17. The number of halogens is 1. The van der Waals surface area contributed by atoms with E-state index in [1.54, 1.807) is 12.3 Å². The second-order valence-corrected chi connectivity index (χ2v) is 5.50. The van der Waals surface area contributed by atoms with Gasteiger partial charge in [0, 0.05) is 16.2 Å². The molecule has 0 bridgehead atoms. The van der Waals surface area contributed by atoms with Crippen molar-refractivity contribution < 1.29 is 4.79 Å². The van der Waals surface area contributed by atoms with Gasteiger partial charge in [-0.15, -0.1) is 0 Å². The molecule has 0 radical (unpaired) electrons. The third-order valence-corrected chi connectivity index (χ3v) is 3.55. The monoisotopic (exact) mass is 282 g/mol. The molecular weight excluding hydrogens is 268 g/mol. The first-order chi connectivity index (χ1) is 7.59. The van der Waals surface area contributed by atoms with Crippen molar-refractivity contribution in [1.82, 2.24) is 10.3 Å². The maximum atomic E-state index is 11.9. The quantitative estimate of drug-likeness (QED) is 0.906. The van der Waals surface area contributed by atoms with Gasteiger partial charge in [-0.05, 0) is 47.8 Å². The molecule has 1 aromatic heterocycles. The summed E-state index contributed by atoms with van der Waals surface area (Å²) in [6, 6.07) is 3.57. The maximum absolute atomic E-state index is 11.9. The number of hydrogen-bond donors (Lipinski definition) is 1. The van der Waals surface area contributed by atoms with E-state index < -0.39 is 0 Å². The number of amides is 1. The zero-order valence-electron chi connectivity index (χ0n) is 9.29. The molecule has 0 atom stereocenters. The van der Waals surface area contributed by atoms with E-state index in [-0.39, 0.29) is 11.4 Å². The van der Waals surface area contributed by atoms with Gasteiger partial charge in [0.15, 0.2) is 0 Å². The largest absolute Gasteiger partial charge is 0.346 e. The van der Waals surface area contributed by atoms with Gasteiger partial charge in [0.1, 0.15) is 5.69 Å². The maximum Gasteiger partial charge on any atom is 0.270 e. The predicted octanol–water partition coefficient (Wildman–Crippen LogP) is 2.91. The lowest BCUT2D eigenvalue weighted by Crippen LogP contribution is -2.43. The predicted molar refractivity (Wildman–Crippen MR) is 66.3 cm³/mol. The highest BCUT2D eigenvalue weighted by Crippen LogP contribution is 2.29. The molecule has 3 nitrogen and oxygen atoms in total. The van der Waals surface area contributed by atoms with Gasteiger partial charge in [-0.1, -0.05) is 12.8 Å². The van der Waals surface area contributed by atoms with Crippen molar-refractivity contribution in [2.75, 3.05) is 0 Å². The van der Waals surface area contributed by atoms with Crippen LogP contribution in [0.15, 0.2) is 22.8 Å². The molecule has 1 N–H and O–H groups in total. The van der Waals surface area contributed by atoms with Gasteiger partial charge >= 0.3 is 0 Å². The second-order valence-electron chi connectivity index (χ2n) is 4.58. The Morgan fingerprint density at radius 1 is 1.44 bits per heavy atom. The van der Waals surface area contributed by atoms with E-state index in [1.807, 2.05) is 6.07 Å². The van der Waals surface area contributed by atoms with Crippen LogP contribution in [0, 0.1) is 0 Å². The molecule has 0 unspecified atom stereocenters. The summed E-state index contributed by atoms with van der Waals surface area (Å²) in [6.45, 7) is 2.11. The number of nitrogens with zero attached hydrogens (tertiary/aromatic N) is 1. The molecule has 2 rings (SSSR count). The molecule has 1 aliphatic carbocycles. The third-order valence-electron chi connectivity index (χ3n) is 3.08. The van der Waals surface area contributed by atoms with Crippen LogP contribution in [-0.2, 0) is 0 Å². The molecule has 86 valence electrons. The summed E-state index contributed by atoms with van der Waals surface area (Å²) in [5.74, 6) is -0.0723. The molecule has 1 aliphatic rings. The molecule has 16 heavy (non-hydrogen) atoms. The standard InChI is InChI=1S/C12H15BrN2O/c1-12(6-2-3-7-12)15-11(16)10-5-4-9(13)8-14-10/h4-5,8H,2-3,6-7H2,1H3,(H,15,16). The molecule has 1 saturated carbocycles. The Labute approximate surface area is 104 Å². The van der Waals surface area contributed by atoms with Gasteiger partial charge in [0.2, 0.25) is 0 Å². The van der Waals surface area contributed by atoms with Gasteiger partial charge < -0.3 is 5.32 Å². The Morgan fingerprint density at radius 3 is 2.69 bits per heavy atom. The SMILES string of the molecule is CC1(NC(=O)c2ccc(Br)cn2)CCCC1. The number of hydrogen-bond acceptors (Lipinski definition) is 2. The van der Waals surface area contributed by atoms with E-state index in [1.165, 1.54) is 12.8 Å². The minimum Gasteiger partial charge on any atom is -0.346 e.